The maximum Gasteiger partial charge on any atom is 0.353 e. The molecule has 1 aliphatic rings. The summed E-state index contributed by atoms with van der Waals surface area (Å²) < 4.78 is 0. The van der Waals surface area contributed by atoms with Gasteiger partial charge in [-0.3, -0.25) is 10.1 Å². The van der Waals surface area contributed by atoms with E-state index in [2.05, 4.69) is 20.6 Å². The van der Waals surface area contributed by atoms with Crippen LogP contribution in [0.3, 0.4) is 0 Å². The molecule has 24 heavy (non-hydrogen) atoms. The molecular formula is C16H20N6O2. The molecular weight excluding hydrogens is 308 g/mol. The summed E-state index contributed by atoms with van der Waals surface area (Å²) >= 11 is 0. The van der Waals surface area contributed by atoms with Gasteiger partial charge >= 0.3 is 5.69 Å². The smallest absolute Gasteiger partial charge is 0.353 e. The Kier molecular flexibility index (Phi) is 4.74. The first-order valence-electron chi connectivity index (χ1n) is 8.04. The summed E-state index contributed by atoms with van der Waals surface area (Å²) in [5, 5.41) is 17.5. The lowest BCUT2D eigenvalue weighted by Crippen LogP contribution is -2.24. The Balaban J connectivity index is 1.89. The van der Waals surface area contributed by atoms with Crippen molar-refractivity contribution in [1.29, 1.82) is 0 Å². The van der Waals surface area contributed by atoms with E-state index in [1.165, 1.54) is 6.42 Å². The second kappa shape index (κ2) is 7.12. The molecule has 2 aromatic rings. The lowest BCUT2D eigenvalue weighted by atomic mass is 9.96. The van der Waals surface area contributed by atoms with Gasteiger partial charge in [-0.1, -0.05) is 37.5 Å². The molecule has 1 fully saturated rings. The van der Waals surface area contributed by atoms with E-state index in [0.717, 1.165) is 25.7 Å². The number of nitrogens with two attached hydrogens (primary N) is 1. The second-order valence-corrected chi connectivity index (χ2v) is 5.86. The molecule has 0 bridgehead atoms. The van der Waals surface area contributed by atoms with E-state index < -0.39 is 4.92 Å². The van der Waals surface area contributed by atoms with Crippen molar-refractivity contribution in [2.24, 2.45) is 0 Å². The maximum atomic E-state index is 11.3. The first-order valence-corrected chi connectivity index (χ1v) is 8.04. The number of nitrogen functional groups attached to an aromatic ring is 1. The van der Waals surface area contributed by atoms with Gasteiger partial charge in [-0.2, -0.15) is 9.97 Å². The molecule has 1 saturated carbocycles. The molecule has 0 unspecified atom stereocenters. The Bertz CT molecular complexity index is 716. The SMILES string of the molecule is Nc1nc(NC2CCCCC2)nc(Nc2ccccc2)c1[N+](=O)[O-]. The third-order valence-corrected chi connectivity index (χ3v) is 4.07. The average molecular weight is 328 g/mol. The Labute approximate surface area is 139 Å². The highest BCUT2D eigenvalue weighted by atomic mass is 16.6. The van der Waals surface area contributed by atoms with Crippen LogP contribution in [0.25, 0.3) is 0 Å². The maximum absolute atomic E-state index is 11.3. The number of para-hydroxylation sites is 1. The van der Waals surface area contributed by atoms with Gasteiger partial charge < -0.3 is 16.4 Å². The number of hydrogen-bond donors (Lipinski definition) is 3. The van der Waals surface area contributed by atoms with Crippen molar-refractivity contribution in [2.75, 3.05) is 16.4 Å². The van der Waals surface area contributed by atoms with Gasteiger partial charge in [-0.15, -0.1) is 0 Å². The van der Waals surface area contributed by atoms with E-state index >= 15 is 0 Å². The van der Waals surface area contributed by atoms with Crippen LogP contribution in [-0.4, -0.2) is 20.9 Å². The van der Waals surface area contributed by atoms with Gasteiger partial charge in [0.25, 0.3) is 0 Å². The number of nitrogens with zero attached hydrogens (tertiary/aromatic N) is 3. The molecule has 0 aliphatic heterocycles. The van der Waals surface area contributed by atoms with Crippen LogP contribution in [0.15, 0.2) is 30.3 Å². The highest BCUT2D eigenvalue weighted by Crippen LogP contribution is 2.32. The van der Waals surface area contributed by atoms with Crippen molar-refractivity contribution in [1.82, 2.24) is 9.97 Å². The summed E-state index contributed by atoms with van der Waals surface area (Å²) in [5.74, 6) is 0.271. The van der Waals surface area contributed by atoms with Crippen LogP contribution in [-0.2, 0) is 0 Å². The van der Waals surface area contributed by atoms with Gasteiger partial charge in [0.05, 0.1) is 4.92 Å². The van der Waals surface area contributed by atoms with Gasteiger partial charge in [-0.25, -0.2) is 0 Å². The van der Waals surface area contributed by atoms with Gasteiger partial charge in [-0.05, 0) is 25.0 Å². The predicted octanol–water partition coefficient (Wildman–Crippen LogP) is 3.46. The zero-order chi connectivity index (χ0) is 16.9. The minimum absolute atomic E-state index is 0.0945. The molecule has 0 saturated heterocycles. The van der Waals surface area contributed by atoms with Crippen LogP contribution in [0.2, 0.25) is 0 Å². The highest BCUT2D eigenvalue weighted by molar-refractivity contribution is 5.74. The van der Waals surface area contributed by atoms with E-state index in [0.29, 0.717) is 11.6 Å². The minimum atomic E-state index is -0.564. The first-order chi connectivity index (χ1) is 11.6. The zero-order valence-electron chi connectivity index (χ0n) is 13.2. The number of aromatic nitrogens is 2. The Morgan fingerprint density at radius 2 is 1.83 bits per heavy atom. The molecule has 8 nitrogen and oxygen atoms in total. The zero-order valence-corrected chi connectivity index (χ0v) is 13.2. The summed E-state index contributed by atoms with van der Waals surface area (Å²) in [6.07, 6.45) is 5.65. The van der Waals surface area contributed by atoms with Crippen LogP contribution in [0.1, 0.15) is 32.1 Å². The number of hydrogen-bond acceptors (Lipinski definition) is 7. The van der Waals surface area contributed by atoms with Crippen molar-refractivity contribution >= 4 is 29.0 Å². The lowest BCUT2D eigenvalue weighted by Gasteiger charge is -2.23. The Hall–Kier alpha value is -2.90. The Morgan fingerprint density at radius 1 is 1.12 bits per heavy atom. The molecule has 0 atom stereocenters. The standard InChI is InChI=1S/C16H20N6O2/c17-14-13(22(23)24)15(18-11-7-3-1-4-8-11)21-16(20-14)19-12-9-5-2-6-10-12/h1,3-4,7-8,12H,2,5-6,9-10H2,(H4,17,18,19,20,21). The van der Waals surface area contributed by atoms with Gasteiger partial charge in [0.15, 0.2) is 0 Å². The van der Waals surface area contributed by atoms with Crippen LogP contribution < -0.4 is 16.4 Å². The van der Waals surface area contributed by atoms with Crippen LogP contribution in [0, 0.1) is 10.1 Å². The summed E-state index contributed by atoms with van der Waals surface area (Å²) in [5.41, 5.74) is 6.19. The molecule has 0 radical (unpaired) electrons. The highest BCUT2D eigenvalue weighted by Gasteiger charge is 2.24. The summed E-state index contributed by atoms with van der Waals surface area (Å²) in [6, 6.07) is 9.42. The molecule has 0 amide bonds. The number of rotatable bonds is 5. The van der Waals surface area contributed by atoms with Crippen molar-refractivity contribution in [2.45, 2.75) is 38.1 Å². The lowest BCUT2D eigenvalue weighted by molar-refractivity contribution is -0.383. The molecule has 1 aliphatic carbocycles. The van der Waals surface area contributed by atoms with Crippen LogP contribution in [0.4, 0.5) is 29.0 Å². The van der Waals surface area contributed by atoms with Gasteiger partial charge in [0.2, 0.25) is 17.6 Å². The second-order valence-electron chi connectivity index (χ2n) is 5.86. The van der Waals surface area contributed by atoms with Crippen molar-refractivity contribution in [3.63, 3.8) is 0 Å². The number of anilines is 4. The molecule has 1 heterocycles. The summed E-state index contributed by atoms with van der Waals surface area (Å²) in [7, 11) is 0. The number of nitro groups is 1. The van der Waals surface area contributed by atoms with Crippen molar-refractivity contribution < 1.29 is 4.92 Å². The third kappa shape index (κ3) is 3.70. The average Bonchev–Trinajstić information content (AvgIpc) is 2.56. The quantitative estimate of drug-likeness (QED) is 0.568. The number of nitrogens with one attached hydrogen (secondary N) is 2. The molecule has 126 valence electrons. The molecule has 0 spiro atoms. The fraction of sp³-hybridized carbons (Fsp3) is 0.375. The van der Waals surface area contributed by atoms with Gasteiger partial charge in [0.1, 0.15) is 0 Å². The fourth-order valence-corrected chi connectivity index (χ4v) is 2.89. The van der Waals surface area contributed by atoms with E-state index in [4.69, 9.17) is 5.73 Å². The van der Waals surface area contributed by atoms with Crippen LogP contribution in [0.5, 0.6) is 0 Å². The minimum Gasteiger partial charge on any atom is -0.378 e. The van der Waals surface area contributed by atoms with Crippen molar-refractivity contribution in [3.8, 4) is 0 Å². The molecule has 4 N–H and O–H groups in total. The summed E-state index contributed by atoms with van der Waals surface area (Å²) in [6.45, 7) is 0. The van der Waals surface area contributed by atoms with E-state index in [1.807, 2.05) is 18.2 Å². The largest absolute Gasteiger partial charge is 0.378 e. The van der Waals surface area contributed by atoms with Crippen molar-refractivity contribution in [3.05, 3.63) is 40.4 Å². The normalized spacial score (nSPS) is 15.0. The molecule has 3 rings (SSSR count). The summed E-state index contributed by atoms with van der Waals surface area (Å²) in [4.78, 5) is 19.1. The van der Waals surface area contributed by atoms with Crippen LogP contribution >= 0.6 is 0 Å². The van der Waals surface area contributed by atoms with E-state index in [9.17, 15) is 10.1 Å². The molecule has 1 aromatic carbocycles. The Morgan fingerprint density at radius 3 is 2.50 bits per heavy atom. The van der Waals surface area contributed by atoms with E-state index in [1.54, 1.807) is 12.1 Å². The van der Waals surface area contributed by atoms with Gasteiger partial charge in [0, 0.05) is 11.7 Å². The van der Waals surface area contributed by atoms with E-state index in [-0.39, 0.29) is 23.4 Å². The predicted molar refractivity (Wildman–Crippen MR) is 93.3 cm³/mol. The molecule has 8 heteroatoms. The third-order valence-electron chi connectivity index (χ3n) is 4.07. The first kappa shape index (κ1) is 16.0. The topological polar surface area (TPSA) is 119 Å². The fourth-order valence-electron chi connectivity index (χ4n) is 2.89. The molecule has 1 aromatic heterocycles. The monoisotopic (exact) mass is 328 g/mol. The number of benzene rings is 1.